The highest BCUT2D eigenvalue weighted by Crippen LogP contribution is 2.20. The molecule has 34 heavy (non-hydrogen) atoms. The number of unbranched alkanes of at least 4 members (excludes halogenated alkanes) is 5. The monoisotopic (exact) mass is 463 g/mol. The quantitative estimate of drug-likeness (QED) is 0.140. The number of rotatable bonds is 15. The van der Waals surface area contributed by atoms with Gasteiger partial charge in [0.1, 0.15) is 11.5 Å². The summed E-state index contributed by atoms with van der Waals surface area (Å²) in [6, 6.07) is 13.8. The Labute approximate surface area is 201 Å². The average Bonchev–Trinajstić information content (AvgIpc) is 2.87. The zero-order valence-corrected chi connectivity index (χ0v) is 19.8. The standard InChI is InChI=1S/C27H33N3O4/c1-2-3-4-5-6-7-9-22-20-28-27(29-21-22)23-10-14-25(15-11-23)33-18-8-19-34-26-16-12-24(13-17-26)30(31)32/h10-17,20-21H,2-9,18-19H2,1H3. The Hall–Kier alpha value is -3.48. The predicted octanol–water partition coefficient (Wildman–Crippen LogP) is 6.80. The lowest BCUT2D eigenvalue weighted by Gasteiger charge is -2.09. The molecular formula is C27H33N3O4. The molecule has 0 amide bonds. The molecule has 0 N–H and O–H groups in total. The maximum Gasteiger partial charge on any atom is 0.269 e. The minimum Gasteiger partial charge on any atom is -0.493 e. The first-order valence-corrected chi connectivity index (χ1v) is 12.1. The van der Waals surface area contributed by atoms with Crippen molar-refractivity contribution in [3.05, 3.63) is 76.6 Å². The summed E-state index contributed by atoms with van der Waals surface area (Å²) in [4.78, 5) is 19.3. The highest BCUT2D eigenvalue weighted by molar-refractivity contribution is 5.55. The molecule has 0 aliphatic carbocycles. The Bertz CT molecular complexity index is 990. The molecule has 0 radical (unpaired) electrons. The first-order valence-electron chi connectivity index (χ1n) is 12.1. The molecule has 0 saturated carbocycles. The Balaban J connectivity index is 1.35. The fourth-order valence-electron chi connectivity index (χ4n) is 3.55. The van der Waals surface area contributed by atoms with Crippen LogP contribution >= 0.6 is 0 Å². The fourth-order valence-corrected chi connectivity index (χ4v) is 3.55. The summed E-state index contributed by atoms with van der Waals surface area (Å²) in [5.41, 5.74) is 2.20. The van der Waals surface area contributed by atoms with Gasteiger partial charge in [0.2, 0.25) is 0 Å². The lowest BCUT2D eigenvalue weighted by molar-refractivity contribution is -0.384. The summed E-state index contributed by atoms with van der Waals surface area (Å²) in [5, 5.41) is 10.7. The highest BCUT2D eigenvalue weighted by atomic mass is 16.6. The van der Waals surface area contributed by atoms with E-state index in [1.165, 1.54) is 56.2 Å². The third-order valence-electron chi connectivity index (χ3n) is 5.51. The second-order valence-electron chi connectivity index (χ2n) is 8.26. The number of benzene rings is 2. The van der Waals surface area contributed by atoms with E-state index in [2.05, 4.69) is 16.9 Å². The van der Waals surface area contributed by atoms with Crippen LogP contribution in [0, 0.1) is 10.1 Å². The minimum atomic E-state index is -0.429. The largest absolute Gasteiger partial charge is 0.493 e. The van der Waals surface area contributed by atoms with Crippen LogP contribution in [-0.4, -0.2) is 28.1 Å². The third-order valence-corrected chi connectivity index (χ3v) is 5.51. The molecule has 3 aromatic rings. The van der Waals surface area contributed by atoms with E-state index in [0.717, 1.165) is 23.6 Å². The molecule has 7 heteroatoms. The van der Waals surface area contributed by atoms with Crippen molar-refractivity contribution in [2.45, 2.75) is 58.3 Å². The summed E-state index contributed by atoms with van der Waals surface area (Å²) in [6.45, 7) is 3.22. The fraction of sp³-hybridized carbons (Fsp3) is 0.407. The first kappa shape index (κ1) is 25.1. The summed E-state index contributed by atoms with van der Waals surface area (Å²) in [5.74, 6) is 2.10. The number of aromatic nitrogens is 2. The second kappa shape index (κ2) is 13.9. The van der Waals surface area contributed by atoms with Gasteiger partial charge in [0.25, 0.3) is 5.69 Å². The van der Waals surface area contributed by atoms with Crippen molar-refractivity contribution < 1.29 is 14.4 Å². The Kier molecular flexibility index (Phi) is 10.3. The molecule has 1 aromatic heterocycles. The summed E-state index contributed by atoms with van der Waals surface area (Å²) in [6.07, 6.45) is 13.3. The highest BCUT2D eigenvalue weighted by Gasteiger charge is 2.05. The average molecular weight is 464 g/mol. The molecule has 0 fully saturated rings. The smallest absolute Gasteiger partial charge is 0.269 e. The maximum absolute atomic E-state index is 10.7. The Morgan fingerprint density at radius 1 is 0.765 bits per heavy atom. The van der Waals surface area contributed by atoms with E-state index in [1.807, 2.05) is 36.7 Å². The summed E-state index contributed by atoms with van der Waals surface area (Å²) < 4.78 is 11.4. The summed E-state index contributed by atoms with van der Waals surface area (Å²) >= 11 is 0. The number of ether oxygens (including phenoxy) is 2. The van der Waals surface area contributed by atoms with Gasteiger partial charge < -0.3 is 9.47 Å². The van der Waals surface area contributed by atoms with E-state index in [-0.39, 0.29) is 5.69 Å². The molecule has 2 aromatic carbocycles. The first-order chi connectivity index (χ1) is 16.7. The molecule has 0 bridgehead atoms. The van der Waals surface area contributed by atoms with Crippen LogP contribution in [0.2, 0.25) is 0 Å². The number of nitro groups is 1. The van der Waals surface area contributed by atoms with E-state index < -0.39 is 4.92 Å². The lowest BCUT2D eigenvalue weighted by Crippen LogP contribution is -2.05. The molecule has 0 aliphatic rings. The van der Waals surface area contributed by atoms with Crippen molar-refractivity contribution in [2.75, 3.05) is 13.2 Å². The van der Waals surface area contributed by atoms with Crippen LogP contribution < -0.4 is 9.47 Å². The molecule has 0 saturated heterocycles. The van der Waals surface area contributed by atoms with E-state index in [1.54, 1.807) is 12.1 Å². The SMILES string of the molecule is CCCCCCCCc1cnc(-c2ccc(OCCCOc3ccc([N+](=O)[O-])cc3)cc2)nc1. The molecule has 0 aliphatic heterocycles. The van der Waals surface area contributed by atoms with Crippen molar-refractivity contribution in [2.24, 2.45) is 0 Å². The predicted molar refractivity (Wildman–Crippen MR) is 133 cm³/mol. The van der Waals surface area contributed by atoms with Gasteiger partial charge in [0.05, 0.1) is 18.1 Å². The van der Waals surface area contributed by atoms with Crippen LogP contribution in [-0.2, 0) is 6.42 Å². The second-order valence-corrected chi connectivity index (χ2v) is 8.26. The summed E-state index contributed by atoms with van der Waals surface area (Å²) in [7, 11) is 0. The molecule has 3 rings (SSSR count). The van der Waals surface area contributed by atoms with Gasteiger partial charge in [0.15, 0.2) is 5.82 Å². The van der Waals surface area contributed by atoms with Crippen molar-refractivity contribution >= 4 is 5.69 Å². The zero-order valence-electron chi connectivity index (χ0n) is 19.8. The third kappa shape index (κ3) is 8.46. The van der Waals surface area contributed by atoms with Gasteiger partial charge in [-0.15, -0.1) is 0 Å². The van der Waals surface area contributed by atoms with Crippen molar-refractivity contribution in [3.8, 4) is 22.9 Å². The molecule has 7 nitrogen and oxygen atoms in total. The number of non-ortho nitro benzene ring substituents is 1. The van der Waals surface area contributed by atoms with Gasteiger partial charge in [-0.25, -0.2) is 9.97 Å². The van der Waals surface area contributed by atoms with E-state index in [9.17, 15) is 10.1 Å². The van der Waals surface area contributed by atoms with E-state index in [4.69, 9.17) is 9.47 Å². The maximum atomic E-state index is 10.7. The van der Waals surface area contributed by atoms with Gasteiger partial charge in [-0.3, -0.25) is 10.1 Å². The van der Waals surface area contributed by atoms with E-state index >= 15 is 0 Å². The molecule has 0 atom stereocenters. The van der Waals surface area contributed by atoms with Gasteiger partial charge >= 0.3 is 0 Å². The van der Waals surface area contributed by atoms with Crippen LogP contribution in [0.3, 0.4) is 0 Å². The van der Waals surface area contributed by atoms with Crippen molar-refractivity contribution in [1.82, 2.24) is 9.97 Å². The van der Waals surface area contributed by atoms with E-state index in [0.29, 0.717) is 25.4 Å². The number of nitro benzene ring substituents is 1. The van der Waals surface area contributed by atoms with Gasteiger partial charge in [-0.2, -0.15) is 0 Å². The number of hydrogen-bond acceptors (Lipinski definition) is 6. The Morgan fingerprint density at radius 2 is 1.32 bits per heavy atom. The number of aryl methyl sites for hydroxylation is 1. The van der Waals surface area contributed by atoms with Crippen LogP contribution in [0.15, 0.2) is 60.9 Å². The van der Waals surface area contributed by atoms with Crippen molar-refractivity contribution in [3.63, 3.8) is 0 Å². The normalized spacial score (nSPS) is 10.7. The van der Waals surface area contributed by atoms with Crippen LogP contribution in [0.5, 0.6) is 11.5 Å². The van der Waals surface area contributed by atoms with Gasteiger partial charge in [0, 0.05) is 36.5 Å². The van der Waals surface area contributed by atoms with Crippen molar-refractivity contribution in [1.29, 1.82) is 0 Å². The molecule has 0 unspecified atom stereocenters. The lowest BCUT2D eigenvalue weighted by atomic mass is 10.1. The van der Waals surface area contributed by atoms with Gasteiger partial charge in [-0.1, -0.05) is 39.0 Å². The Morgan fingerprint density at radius 3 is 1.91 bits per heavy atom. The zero-order chi connectivity index (χ0) is 24.0. The topological polar surface area (TPSA) is 87.4 Å². The minimum absolute atomic E-state index is 0.0497. The number of hydrogen-bond donors (Lipinski definition) is 0. The van der Waals surface area contributed by atoms with Crippen LogP contribution in [0.1, 0.15) is 57.4 Å². The van der Waals surface area contributed by atoms with Crippen LogP contribution in [0.25, 0.3) is 11.4 Å². The molecule has 0 spiro atoms. The van der Waals surface area contributed by atoms with Gasteiger partial charge in [-0.05, 0) is 54.8 Å². The molecular weight excluding hydrogens is 430 g/mol. The molecule has 180 valence electrons. The molecule has 1 heterocycles. The van der Waals surface area contributed by atoms with Crippen LogP contribution in [0.4, 0.5) is 5.69 Å². The number of nitrogens with zero attached hydrogens (tertiary/aromatic N) is 3.